The largest absolute Gasteiger partial charge is 0.322 e. The molecule has 0 atom stereocenters. The summed E-state index contributed by atoms with van der Waals surface area (Å²) >= 11 is 9.38. The zero-order valence-electron chi connectivity index (χ0n) is 10.6. The van der Waals surface area contributed by atoms with Crippen LogP contribution in [-0.4, -0.2) is 5.91 Å². The summed E-state index contributed by atoms with van der Waals surface area (Å²) in [6.07, 6.45) is 0. The van der Waals surface area contributed by atoms with Gasteiger partial charge in [0.25, 0.3) is 5.91 Å². The lowest BCUT2D eigenvalue weighted by atomic mass is 10.1. The monoisotopic (exact) mass is 337 g/mol. The molecule has 98 valence electrons. The van der Waals surface area contributed by atoms with Crippen molar-refractivity contribution < 1.29 is 4.79 Å². The molecular formula is C15H13BrClNO. The maximum absolute atomic E-state index is 12.2. The number of anilines is 1. The molecule has 0 bridgehead atoms. The van der Waals surface area contributed by atoms with Gasteiger partial charge in [-0.3, -0.25) is 4.79 Å². The molecule has 0 fully saturated rings. The first kappa shape index (κ1) is 14.1. The Kier molecular flexibility index (Phi) is 4.27. The number of hydrogen-bond acceptors (Lipinski definition) is 1. The third kappa shape index (κ3) is 3.17. The van der Waals surface area contributed by atoms with Crippen molar-refractivity contribution in [2.45, 2.75) is 13.8 Å². The van der Waals surface area contributed by atoms with Gasteiger partial charge in [-0.1, -0.05) is 39.7 Å². The first-order valence-electron chi connectivity index (χ1n) is 5.81. The van der Waals surface area contributed by atoms with Crippen LogP contribution in [0.2, 0.25) is 5.02 Å². The smallest absolute Gasteiger partial charge is 0.257 e. The second-order valence-electron chi connectivity index (χ2n) is 4.33. The van der Waals surface area contributed by atoms with E-state index in [1.165, 1.54) is 0 Å². The highest BCUT2D eigenvalue weighted by atomic mass is 79.9. The molecule has 0 aliphatic heterocycles. The van der Waals surface area contributed by atoms with Gasteiger partial charge in [0.2, 0.25) is 0 Å². The van der Waals surface area contributed by atoms with Crippen molar-refractivity contribution in [3.05, 3.63) is 62.6 Å². The Balaban J connectivity index is 2.31. The fraction of sp³-hybridized carbons (Fsp3) is 0.133. The summed E-state index contributed by atoms with van der Waals surface area (Å²) in [5.74, 6) is -0.208. The molecule has 2 rings (SSSR count). The third-order valence-corrected chi connectivity index (χ3v) is 3.85. The van der Waals surface area contributed by atoms with Gasteiger partial charge in [0.05, 0.1) is 10.6 Å². The van der Waals surface area contributed by atoms with Crippen LogP contribution in [0.5, 0.6) is 0 Å². The van der Waals surface area contributed by atoms with Gasteiger partial charge in [0.1, 0.15) is 0 Å². The number of carbonyl (C=O) groups excluding carboxylic acids is 1. The molecule has 0 saturated carbocycles. The van der Waals surface area contributed by atoms with Crippen molar-refractivity contribution in [1.82, 2.24) is 0 Å². The predicted molar refractivity (Wildman–Crippen MR) is 83.0 cm³/mol. The molecule has 0 spiro atoms. The highest BCUT2D eigenvalue weighted by molar-refractivity contribution is 9.10. The van der Waals surface area contributed by atoms with Crippen LogP contribution in [0.3, 0.4) is 0 Å². The van der Waals surface area contributed by atoms with Gasteiger partial charge in [-0.15, -0.1) is 0 Å². The Morgan fingerprint density at radius 3 is 2.68 bits per heavy atom. The van der Waals surface area contributed by atoms with E-state index in [2.05, 4.69) is 21.2 Å². The Labute approximate surface area is 125 Å². The Bertz CT molecular complexity index is 640. The summed E-state index contributed by atoms with van der Waals surface area (Å²) in [4.78, 5) is 12.2. The zero-order valence-corrected chi connectivity index (χ0v) is 13.0. The van der Waals surface area contributed by atoms with Crippen LogP contribution in [0, 0.1) is 13.8 Å². The number of benzene rings is 2. The minimum Gasteiger partial charge on any atom is -0.322 e. The van der Waals surface area contributed by atoms with Gasteiger partial charge in [0.15, 0.2) is 0 Å². The van der Waals surface area contributed by atoms with Gasteiger partial charge < -0.3 is 5.32 Å². The van der Waals surface area contributed by atoms with E-state index >= 15 is 0 Å². The Morgan fingerprint density at radius 1 is 1.21 bits per heavy atom. The molecule has 2 aromatic carbocycles. The van der Waals surface area contributed by atoms with Crippen LogP contribution < -0.4 is 5.32 Å². The van der Waals surface area contributed by atoms with Crippen LogP contribution in [0.15, 0.2) is 40.9 Å². The number of hydrogen-bond donors (Lipinski definition) is 1. The standard InChI is InChI=1S/C15H13BrClNO/c1-9-4-3-5-14(10(9)2)18-15(19)12-8-11(16)6-7-13(12)17/h3-8H,1-2H3,(H,18,19). The number of rotatable bonds is 2. The summed E-state index contributed by atoms with van der Waals surface area (Å²) in [5.41, 5.74) is 3.46. The first-order chi connectivity index (χ1) is 8.99. The molecule has 2 nitrogen and oxygen atoms in total. The third-order valence-electron chi connectivity index (χ3n) is 3.03. The quantitative estimate of drug-likeness (QED) is 0.823. The minimum atomic E-state index is -0.208. The van der Waals surface area contributed by atoms with Crippen LogP contribution >= 0.6 is 27.5 Å². The topological polar surface area (TPSA) is 29.1 Å². The van der Waals surface area contributed by atoms with Crippen LogP contribution in [0.25, 0.3) is 0 Å². The van der Waals surface area contributed by atoms with Gasteiger partial charge >= 0.3 is 0 Å². The highest BCUT2D eigenvalue weighted by Gasteiger charge is 2.12. The van der Waals surface area contributed by atoms with E-state index in [4.69, 9.17) is 11.6 Å². The maximum Gasteiger partial charge on any atom is 0.257 e. The number of nitrogens with one attached hydrogen (secondary N) is 1. The van der Waals surface area contributed by atoms with Gasteiger partial charge in [0, 0.05) is 10.2 Å². The average molecular weight is 339 g/mol. The molecule has 1 amide bonds. The zero-order chi connectivity index (χ0) is 14.0. The first-order valence-corrected chi connectivity index (χ1v) is 6.99. The molecule has 4 heteroatoms. The molecule has 0 aliphatic carbocycles. The minimum absolute atomic E-state index is 0.208. The lowest BCUT2D eigenvalue weighted by Gasteiger charge is -2.11. The summed E-state index contributed by atoms with van der Waals surface area (Å²) in [5, 5.41) is 3.33. The normalized spacial score (nSPS) is 10.3. The van der Waals surface area contributed by atoms with Crippen molar-refractivity contribution in [2.75, 3.05) is 5.32 Å². The van der Waals surface area contributed by atoms with Gasteiger partial charge in [-0.25, -0.2) is 0 Å². The fourth-order valence-corrected chi connectivity index (χ4v) is 2.31. The van der Waals surface area contributed by atoms with E-state index in [0.29, 0.717) is 10.6 Å². The van der Waals surface area contributed by atoms with E-state index in [1.54, 1.807) is 18.2 Å². The highest BCUT2D eigenvalue weighted by Crippen LogP contribution is 2.24. The number of carbonyl (C=O) groups is 1. The summed E-state index contributed by atoms with van der Waals surface area (Å²) in [7, 11) is 0. The lowest BCUT2D eigenvalue weighted by molar-refractivity contribution is 0.102. The molecule has 0 saturated heterocycles. The molecule has 2 aromatic rings. The van der Waals surface area contributed by atoms with Crippen molar-refractivity contribution >= 4 is 39.1 Å². The van der Waals surface area contributed by atoms with E-state index in [0.717, 1.165) is 21.3 Å². The molecule has 0 radical (unpaired) electrons. The molecule has 19 heavy (non-hydrogen) atoms. The predicted octanol–water partition coefficient (Wildman–Crippen LogP) is 4.97. The SMILES string of the molecule is Cc1cccc(NC(=O)c2cc(Br)ccc2Cl)c1C. The van der Waals surface area contributed by atoms with Crippen LogP contribution in [0.4, 0.5) is 5.69 Å². The van der Waals surface area contributed by atoms with E-state index in [-0.39, 0.29) is 5.91 Å². The summed E-state index contributed by atoms with van der Waals surface area (Å²) < 4.78 is 0.822. The Morgan fingerprint density at radius 2 is 1.95 bits per heavy atom. The molecular weight excluding hydrogens is 326 g/mol. The van der Waals surface area contributed by atoms with Crippen molar-refractivity contribution in [3.63, 3.8) is 0 Å². The molecule has 0 aliphatic rings. The molecule has 0 aromatic heterocycles. The Hall–Kier alpha value is -1.32. The molecule has 0 heterocycles. The van der Waals surface area contributed by atoms with E-state index < -0.39 is 0 Å². The number of amides is 1. The summed E-state index contributed by atoms with van der Waals surface area (Å²) in [6, 6.07) is 11.0. The van der Waals surface area contributed by atoms with E-state index in [9.17, 15) is 4.79 Å². The lowest BCUT2D eigenvalue weighted by Crippen LogP contribution is -2.13. The average Bonchev–Trinajstić information content (AvgIpc) is 2.38. The fourth-order valence-electron chi connectivity index (χ4n) is 1.75. The van der Waals surface area contributed by atoms with Crippen LogP contribution in [0.1, 0.15) is 21.5 Å². The second kappa shape index (κ2) is 5.76. The van der Waals surface area contributed by atoms with Crippen LogP contribution in [-0.2, 0) is 0 Å². The van der Waals surface area contributed by atoms with Gasteiger partial charge in [-0.2, -0.15) is 0 Å². The second-order valence-corrected chi connectivity index (χ2v) is 5.65. The molecule has 0 unspecified atom stereocenters. The summed E-state index contributed by atoms with van der Waals surface area (Å²) in [6.45, 7) is 3.99. The number of halogens is 2. The van der Waals surface area contributed by atoms with Crippen molar-refractivity contribution in [3.8, 4) is 0 Å². The maximum atomic E-state index is 12.2. The van der Waals surface area contributed by atoms with Crippen molar-refractivity contribution in [2.24, 2.45) is 0 Å². The molecule has 1 N–H and O–H groups in total. The van der Waals surface area contributed by atoms with E-state index in [1.807, 2.05) is 32.0 Å². The van der Waals surface area contributed by atoms with Crippen molar-refractivity contribution in [1.29, 1.82) is 0 Å². The number of aryl methyl sites for hydroxylation is 1. The van der Waals surface area contributed by atoms with Gasteiger partial charge in [-0.05, 0) is 49.2 Å².